The van der Waals surface area contributed by atoms with Gasteiger partial charge in [0.25, 0.3) is 5.60 Å². The van der Waals surface area contributed by atoms with Gasteiger partial charge in [-0.25, -0.2) is 4.79 Å². The average molecular weight is 216 g/mol. The number of ketones is 1. The molecular weight excluding hydrogens is 200 g/mol. The number of Topliss-reactive ketones (excluding diaryl/α,β-unsaturated/α-hetero) is 1. The molecule has 0 aliphatic carbocycles. The molecule has 0 aliphatic heterocycles. The van der Waals surface area contributed by atoms with Crippen LogP contribution in [0.4, 0.5) is 0 Å². The van der Waals surface area contributed by atoms with Gasteiger partial charge in [-0.3, -0.25) is 9.59 Å². The van der Waals surface area contributed by atoms with Crippen LogP contribution in [-0.4, -0.2) is 29.9 Å². The normalized spacial score (nSPS) is 13.9. The largest absolute Gasteiger partial charge is 0.463 e. The fourth-order valence-electron chi connectivity index (χ4n) is 1.22. The number of hydrogen-bond donors (Lipinski definition) is 0. The summed E-state index contributed by atoms with van der Waals surface area (Å²) in [4.78, 5) is 33.8. The summed E-state index contributed by atoms with van der Waals surface area (Å²) in [7, 11) is 0. The molecule has 0 bridgehead atoms. The van der Waals surface area contributed by atoms with Gasteiger partial charge >= 0.3 is 11.9 Å². The van der Waals surface area contributed by atoms with Crippen molar-refractivity contribution in [1.82, 2.24) is 0 Å². The second kappa shape index (κ2) is 5.48. The van der Waals surface area contributed by atoms with Crippen molar-refractivity contribution < 1.29 is 23.9 Å². The zero-order valence-electron chi connectivity index (χ0n) is 9.46. The fourth-order valence-corrected chi connectivity index (χ4v) is 1.22. The molecule has 0 rings (SSSR count). The van der Waals surface area contributed by atoms with E-state index in [1.807, 2.05) is 0 Å². The minimum Gasteiger partial charge on any atom is -0.463 e. The second-order valence-corrected chi connectivity index (χ2v) is 3.05. The van der Waals surface area contributed by atoms with Crippen LogP contribution in [-0.2, 0) is 23.9 Å². The topological polar surface area (TPSA) is 69.7 Å². The van der Waals surface area contributed by atoms with E-state index in [9.17, 15) is 14.4 Å². The number of ether oxygens (including phenoxy) is 2. The maximum absolute atomic E-state index is 11.6. The second-order valence-electron chi connectivity index (χ2n) is 3.05. The SMILES string of the molecule is CCOC(=O)[C@@](CC)(OC(C)=O)C(C)=O. The van der Waals surface area contributed by atoms with Crippen molar-refractivity contribution in [3.8, 4) is 0 Å². The first-order chi connectivity index (χ1) is 6.90. The third-order valence-corrected chi connectivity index (χ3v) is 1.99. The zero-order chi connectivity index (χ0) is 12.1. The lowest BCUT2D eigenvalue weighted by Crippen LogP contribution is -2.49. The standard InChI is InChI=1S/C10H16O5/c1-5-10(7(3)11,15-8(4)12)9(13)14-6-2/h5-6H2,1-4H3/t10-/m0/s1. The summed E-state index contributed by atoms with van der Waals surface area (Å²) in [5.74, 6) is -2.02. The van der Waals surface area contributed by atoms with E-state index in [1.54, 1.807) is 13.8 Å². The van der Waals surface area contributed by atoms with E-state index in [0.29, 0.717) is 0 Å². The van der Waals surface area contributed by atoms with Crippen molar-refractivity contribution in [2.24, 2.45) is 0 Å². The Hall–Kier alpha value is -1.39. The predicted octanol–water partition coefficient (Wildman–Crippen LogP) is 0.850. The van der Waals surface area contributed by atoms with Crippen LogP contribution in [0.15, 0.2) is 0 Å². The van der Waals surface area contributed by atoms with Crippen molar-refractivity contribution >= 4 is 17.7 Å². The molecule has 0 spiro atoms. The Morgan fingerprint density at radius 1 is 1.13 bits per heavy atom. The summed E-state index contributed by atoms with van der Waals surface area (Å²) < 4.78 is 9.52. The van der Waals surface area contributed by atoms with Crippen molar-refractivity contribution in [2.45, 2.75) is 39.7 Å². The van der Waals surface area contributed by atoms with Crippen molar-refractivity contribution in [3.05, 3.63) is 0 Å². The Balaban J connectivity index is 5.05. The van der Waals surface area contributed by atoms with Crippen LogP contribution < -0.4 is 0 Å². The molecule has 0 radical (unpaired) electrons. The summed E-state index contributed by atoms with van der Waals surface area (Å²) in [5.41, 5.74) is -1.78. The molecule has 0 aromatic heterocycles. The van der Waals surface area contributed by atoms with Crippen LogP contribution >= 0.6 is 0 Å². The molecule has 0 aliphatic rings. The van der Waals surface area contributed by atoms with Gasteiger partial charge in [-0.15, -0.1) is 0 Å². The van der Waals surface area contributed by atoms with E-state index >= 15 is 0 Å². The highest BCUT2D eigenvalue weighted by Gasteiger charge is 2.46. The quantitative estimate of drug-likeness (QED) is 0.503. The molecular formula is C10H16O5. The summed E-state index contributed by atoms with van der Waals surface area (Å²) >= 11 is 0. The molecule has 5 nitrogen and oxygen atoms in total. The first kappa shape index (κ1) is 13.6. The van der Waals surface area contributed by atoms with Crippen LogP contribution in [0.5, 0.6) is 0 Å². The first-order valence-corrected chi connectivity index (χ1v) is 4.78. The smallest absolute Gasteiger partial charge is 0.358 e. The molecule has 0 heterocycles. The lowest BCUT2D eigenvalue weighted by molar-refractivity contribution is -0.184. The number of esters is 2. The molecule has 1 atom stereocenters. The number of carbonyl (C=O) groups excluding carboxylic acids is 3. The number of rotatable bonds is 5. The molecule has 0 saturated carbocycles. The van der Waals surface area contributed by atoms with Gasteiger partial charge in [0.2, 0.25) is 0 Å². The number of carbonyl (C=O) groups is 3. The van der Waals surface area contributed by atoms with E-state index < -0.39 is 23.3 Å². The monoisotopic (exact) mass is 216 g/mol. The molecule has 0 amide bonds. The average Bonchev–Trinajstić information content (AvgIpc) is 2.13. The van der Waals surface area contributed by atoms with Gasteiger partial charge in [0.05, 0.1) is 6.61 Å². The van der Waals surface area contributed by atoms with Crippen molar-refractivity contribution in [1.29, 1.82) is 0 Å². The van der Waals surface area contributed by atoms with E-state index in [2.05, 4.69) is 0 Å². The fraction of sp³-hybridized carbons (Fsp3) is 0.700. The van der Waals surface area contributed by atoms with E-state index in [0.717, 1.165) is 6.92 Å². The molecule has 5 heteroatoms. The minimum absolute atomic E-state index is 0.0702. The molecule has 0 unspecified atom stereocenters. The van der Waals surface area contributed by atoms with E-state index in [4.69, 9.17) is 9.47 Å². The van der Waals surface area contributed by atoms with Crippen LogP contribution in [0.1, 0.15) is 34.1 Å². The highest BCUT2D eigenvalue weighted by molar-refractivity contribution is 6.07. The van der Waals surface area contributed by atoms with Gasteiger partial charge in [-0.1, -0.05) is 6.92 Å². The van der Waals surface area contributed by atoms with Gasteiger partial charge in [0, 0.05) is 13.3 Å². The zero-order valence-corrected chi connectivity index (χ0v) is 9.46. The Morgan fingerprint density at radius 2 is 1.67 bits per heavy atom. The summed E-state index contributed by atoms with van der Waals surface area (Å²) in [6.45, 7) is 5.68. The Bertz CT molecular complexity index is 271. The van der Waals surface area contributed by atoms with Gasteiger partial charge in [0.1, 0.15) is 0 Å². The van der Waals surface area contributed by atoms with Crippen molar-refractivity contribution in [3.63, 3.8) is 0 Å². The third-order valence-electron chi connectivity index (χ3n) is 1.99. The highest BCUT2D eigenvalue weighted by atomic mass is 16.6. The van der Waals surface area contributed by atoms with Gasteiger partial charge in [-0.2, -0.15) is 0 Å². The van der Waals surface area contributed by atoms with E-state index in [-0.39, 0.29) is 13.0 Å². The summed E-state index contributed by atoms with van der Waals surface area (Å²) in [5, 5.41) is 0. The minimum atomic E-state index is -1.78. The first-order valence-electron chi connectivity index (χ1n) is 4.78. The summed E-state index contributed by atoms with van der Waals surface area (Å²) in [6.07, 6.45) is 0.0702. The molecule has 0 aromatic rings. The maximum Gasteiger partial charge on any atom is 0.358 e. The lowest BCUT2D eigenvalue weighted by atomic mass is 9.96. The molecule has 86 valence electrons. The maximum atomic E-state index is 11.6. The molecule has 0 aromatic carbocycles. The Morgan fingerprint density at radius 3 is 1.93 bits per heavy atom. The Labute approximate surface area is 88.7 Å². The molecule has 15 heavy (non-hydrogen) atoms. The van der Waals surface area contributed by atoms with Crippen LogP contribution in [0.2, 0.25) is 0 Å². The summed E-state index contributed by atoms with van der Waals surface area (Å²) in [6, 6.07) is 0. The number of hydrogen-bond acceptors (Lipinski definition) is 5. The Kier molecular flexibility index (Phi) is 4.97. The molecule has 0 fully saturated rings. The van der Waals surface area contributed by atoms with Gasteiger partial charge in [0.15, 0.2) is 5.78 Å². The van der Waals surface area contributed by atoms with Gasteiger partial charge in [-0.05, 0) is 13.8 Å². The highest BCUT2D eigenvalue weighted by Crippen LogP contribution is 2.20. The van der Waals surface area contributed by atoms with Crippen molar-refractivity contribution in [2.75, 3.05) is 6.61 Å². The van der Waals surface area contributed by atoms with Gasteiger partial charge < -0.3 is 9.47 Å². The van der Waals surface area contributed by atoms with Crippen LogP contribution in [0.25, 0.3) is 0 Å². The lowest BCUT2D eigenvalue weighted by Gasteiger charge is -2.26. The third kappa shape index (κ3) is 3.04. The predicted molar refractivity (Wildman–Crippen MR) is 52.1 cm³/mol. The van der Waals surface area contributed by atoms with E-state index in [1.165, 1.54) is 6.92 Å². The molecule has 0 N–H and O–H groups in total. The van der Waals surface area contributed by atoms with Crippen LogP contribution in [0.3, 0.4) is 0 Å². The van der Waals surface area contributed by atoms with Crippen LogP contribution in [0, 0.1) is 0 Å². The molecule has 0 saturated heterocycles.